The summed E-state index contributed by atoms with van der Waals surface area (Å²) in [7, 11) is 0. The third kappa shape index (κ3) is 3.87. The fraction of sp³-hybridized carbons (Fsp3) is 0.467. The van der Waals surface area contributed by atoms with Crippen LogP contribution in [0.5, 0.6) is 5.75 Å². The van der Waals surface area contributed by atoms with Crippen molar-refractivity contribution < 1.29 is 19.1 Å². The topological polar surface area (TPSA) is 90.6 Å². The highest BCUT2D eigenvalue weighted by atomic mass is 16.5. The second kappa shape index (κ2) is 6.97. The number of ether oxygens (including phenoxy) is 2. The maximum absolute atomic E-state index is 12.1. The number of esters is 1. The molecule has 1 unspecified atom stereocenters. The quantitative estimate of drug-likeness (QED) is 0.648. The lowest BCUT2D eigenvalue weighted by molar-refractivity contribution is -0.129. The fourth-order valence-corrected chi connectivity index (χ4v) is 2.18. The molecule has 6 heteroatoms. The van der Waals surface area contributed by atoms with Crippen molar-refractivity contribution >= 4 is 17.6 Å². The van der Waals surface area contributed by atoms with Gasteiger partial charge in [-0.2, -0.15) is 0 Å². The van der Waals surface area contributed by atoms with Gasteiger partial charge in [0.2, 0.25) is 0 Å². The zero-order chi connectivity index (χ0) is 15.2. The number of hydrogen-bond acceptors (Lipinski definition) is 5. The predicted molar refractivity (Wildman–Crippen MR) is 78.1 cm³/mol. The van der Waals surface area contributed by atoms with Crippen LogP contribution in [0.2, 0.25) is 0 Å². The molecule has 1 aliphatic heterocycles. The molecule has 0 aliphatic carbocycles. The Hall–Kier alpha value is -2.24. The summed E-state index contributed by atoms with van der Waals surface area (Å²) in [5.41, 5.74) is 6.50. The lowest BCUT2D eigenvalue weighted by atomic mass is 10.1. The average Bonchev–Trinajstić information content (AvgIpc) is 2.66. The first-order chi connectivity index (χ1) is 10.1. The summed E-state index contributed by atoms with van der Waals surface area (Å²) in [5.74, 6) is -0.257. The molecule has 1 aromatic carbocycles. The van der Waals surface area contributed by atoms with Crippen molar-refractivity contribution in [3.8, 4) is 5.75 Å². The van der Waals surface area contributed by atoms with E-state index in [2.05, 4.69) is 5.32 Å². The molecule has 0 saturated carbocycles. The molecule has 0 radical (unpaired) electrons. The van der Waals surface area contributed by atoms with Gasteiger partial charge < -0.3 is 20.5 Å². The number of rotatable bonds is 4. The van der Waals surface area contributed by atoms with Crippen LogP contribution in [0.1, 0.15) is 36.5 Å². The minimum Gasteiger partial charge on any atom is -0.492 e. The molecule has 1 aromatic rings. The Morgan fingerprint density at radius 3 is 2.95 bits per heavy atom. The van der Waals surface area contributed by atoms with Crippen molar-refractivity contribution in [3.05, 3.63) is 23.8 Å². The predicted octanol–water partition coefficient (Wildman–Crippen LogP) is 1.49. The van der Waals surface area contributed by atoms with Gasteiger partial charge in [0.05, 0.1) is 17.9 Å². The summed E-state index contributed by atoms with van der Waals surface area (Å²) in [6, 6.07) is 4.71. The lowest BCUT2D eigenvalue weighted by Crippen LogP contribution is -2.36. The number of benzene rings is 1. The van der Waals surface area contributed by atoms with Crippen LogP contribution in [0, 0.1) is 0 Å². The molecular weight excluding hydrogens is 272 g/mol. The largest absolute Gasteiger partial charge is 0.492 e. The second-order valence-corrected chi connectivity index (χ2v) is 4.87. The van der Waals surface area contributed by atoms with Gasteiger partial charge in [-0.15, -0.1) is 0 Å². The van der Waals surface area contributed by atoms with Gasteiger partial charge >= 0.3 is 5.97 Å². The zero-order valence-corrected chi connectivity index (χ0v) is 12.1. The molecule has 1 saturated heterocycles. The maximum Gasteiger partial charge on any atom is 0.338 e. The average molecular weight is 292 g/mol. The molecule has 1 atom stereocenters. The van der Waals surface area contributed by atoms with Crippen LogP contribution in [-0.2, 0) is 9.53 Å². The van der Waals surface area contributed by atoms with E-state index >= 15 is 0 Å². The van der Waals surface area contributed by atoms with E-state index < -0.39 is 12.1 Å². The molecular formula is C15H20N2O4. The molecule has 3 N–H and O–H groups in total. The molecule has 1 fully saturated rings. The van der Waals surface area contributed by atoms with Gasteiger partial charge in [-0.25, -0.2) is 4.79 Å². The van der Waals surface area contributed by atoms with Crippen molar-refractivity contribution in [1.29, 1.82) is 0 Å². The molecule has 0 aromatic heterocycles. The first-order valence-corrected chi connectivity index (χ1v) is 7.13. The first-order valence-electron chi connectivity index (χ1n) is 7.13. The second-order valence-electron chi connectivity index (χ2n) is 4.87. The van der Waals surface area contributed by atoms with Crippen LogP contribution in [0.25, 0.3) is 0 Å². The van der Waals surface area contributed by atoms with Gasteiger partial charge in [0.25, 0.3) is 5.91 Å². The number of hydrogen-bond donors (Lipinski definition) is 2. The van der Waals surface area contributed by atoms with Crippen molar-refractivity contribution in [1.82, 2.24) is 5.32 Å². The van der Waals surface area contributed by atoms with Crippen LogP contribution in [0.15, 0.2) is 18.2 Å². The van der Waals surface area contributed by atoms with E-state index in [1.54, 1.807) is 12.1 Å². The Bertz CT molecular complexity index is 530. The van der Waals surface area contributed by atoms with Crippen molar-refractivity contribution in [2.24, 2.45) is 0 Å². The van der Waals surface area contributed by atoms with Crippen molar-refractivity contribution in [2.75, 3.05) is 18.9 Å². The molecule has 114 valence electrons. The highest BCUT2D eigenvalue weighted by Gasteiger charge is 2.25. The van der Waals surface area contributed by atoms with Gasteiger partial charge in [-0.1, -0.05) is 0 Å². The number of anilines is 1. The van der Waals surface area contributed by atoms with Gasteiger partial charge in [-0.05, 0) is 44.4 Å². The lowest BCUT2D eigenvalue weighted by Gasteiger charge is -2.15. The first kappa shape index (κ1) is 15.2. The summed E-state index contributed by atoms with van der Waals surface area (Å²) in [6.07, 6.45) is 1.56. The molecule has 1 amide bonds. The fourth-order valence-electron chi connectivity index (χ4n) is 2.18. The Kier molecular flexibility index (Phi) is 5.03. The minimum absolute atomic E-state index is 0.236. The summed E-state index contributed by atoms with van der Waals surface area (Å²) in [4.78, 5) is 23.8. The number of carbonyl (C=O) groups is 2. The van der Waals surface area contributed by atoms with Crippen LogP contribution in [0.3, 0.4) is 0 Å². The highest BCUT2D eigenvalue weighted by Crippen LogP contribution is 2.23. The molecule has 21 heavy (non-hydrogen) atoms. The molecule has 0 spiro atoms. The standard InChI is InChI=1S/C15H20N2O4/c1-2-20-12-7-6-10(9-11(12)16)15(19)21-13-5-3-4-8-17-14(13)18/h6-7,9,13H,2-5,8,16H2,1H3,(H,17,18). The van der Waals surface area contributed by atoms with E-state index in [-0.39, 0.29) is 5.91 Å². The van der Waals surface area contributed by atoms with Crippen molar-refractivity contribution in [3.63, 3.8) is 0 Å². The van der Waals surface area contributed by atoms with E-state index in [4.69, 9.17) is 15.2 Å². The number of nitrogen functional groups attached to an aromatic ring is 1. The van der Waals surface area contributed by atoms with Crippen molar-refractivity contribution in [2.45, 2.75) is 32.3 Å². The Labute approximate surface area is 123 Å². The smallest absolute Gasteiger partial charge is 0.338 e. The van der Waals surface area contributed by atoms with E-state index in [0.717, 1.165) is 12.8 Å². The maximum atomic E-state index is 12.1. The Morgan fingerprint density at radius 2 is 2.24 bits per heavy atom. The van der Waals surface area contributed by atoms with Crippen LogP contribution >= 0.6 is 0 Å². The molecule has 6 nitrogen and oxygen atoms in total. The molecule has 0 bridgehead atoms. The van der Waals surface area contributed by atoms with E-state index in [9.17, 15) is 9.59 Å². The minimum atomic E-state index is -0.729. The van der Waals surface area contributed by atoms with Gasteiger partial charge in [0.15, 0.2) is 6.10 Å². The Morgan fingerprint density at radius 1 is 1.43 bits per heavy atom. The van der Waals surface area contributed by atoms with Gasteiger partial charge in [0.1, 0.15) is 5.75 Å². The van der Waals surface area contributed by atoms with Gasteiger partial charge in [-0.3, -0.25) is 4.79 Å². The zero-order valence-electron chi connectivity index (χ0n) is 12.1. The monoisotopic (exact) mass is 292 g/mol. The van der Waals surface area contributed by atoms with E-state index in [0.29, 0.717) is 36.6 Å². The van der Waals surface area contributed by atoms with Gasteiger partial charge in [0, 0.05) is 6.54 Å². The Balaban J connectivity index is 2.05. The summed E-state index contributed by atoms with van der Waals surface area (Å²) < 4.78 is 10.6. The van der Waals surface area contributed by atoms with E-state index in [1.165, 1.54) is 6.07 Å². The third-order valence-electron chi connectivity index (χ3n) is 3.28. The third-order valence-corrected chi connectivity index (χ3v) is 3.28. The SMILES string of the molecule is CCOc1ccc(C(=O)OC2CCCCNC2=O)cc1N. The number of amides is 1. The highest BCUT2D eigenvalue weighted by molar-refractivity contribution is 5.93. The summed E-state index contributed by atoms with van der Waals surface area (Å²) in [5, 5.41) is 2.73. The molecule has 1 heterocycles. The normalized spacial score (nSPS) is 18.5. The summed E-state index contributed by atoms with van der Waals surface area (Å²) in [6.45, 7) is 2.98. The number of carbonyl (C=O) groups excluding carboxylic acids is 2. The van der Waals surface area contributed by atoms with Crippen LogP contribution in [0.4, 0.5) is 5.69 Å². The van der Waals surface area contributed by atoms with E-state index in [1.807, 2.05) is 6.92 Å². The van der Waals surface area contributed by atoms with Crippen LogP contribution < -0.4 is 15.8 Å². The summed E-state index contributed by atoms with van der Waals surface area (Å²) >= 11 is 0. The number of nitrogens with one attached hydrogen (secondary N) is 1. The molecule has 2 rings (SSSR count). The molecule has 1 aliphatic rings. The number of nitrogens with two attached hydrogens (primary N) is 1. The van der Waals surface area contributed by atoms with Crippen LogP contribution in [-0.4, -0.2) is 31.1 Å².